The van der Waals surface area contributed by atoms with Crippen LogP contribution in [0.2, 0.25) is 0 Å². The van der Waals surface area contributed by atoms with Gasteiger partial charge in [0.2, 0.25) is 5.91 Å². The lowest BCUT2D eigenvalue weighted by Crippen LogP contribution is -2.29. The number of carbonyl (C=O) groups excluding carboxylic acids is 1. The van der Waals surface area contributed by atoms with Crippen LogP contribution in [0.5, 0.6) is 11.5 Å². The first-order valence-electron chi connectivity index (χ1n) is 10.1. The van der Waals surface area contributed by atoms with Crippen molar-refractivity contribution in [2.24, 2.45) is 0 Å². The van der Waals surface area contributed by atoms with E-state index in [4.69, 9.17) is 9.84 Å². The lowest BCUT2D eigenvalue weighted by molar-refractivity contribution is -0.137. The molecule has 1 N–H and O–H groups in total. The van der Waals surface area contributed by atoms with Crippen LogP contribution in [-0.2, 0) is 22.4 Å². The van der Waals surface area contributed by atoms with Crippen molar-refractivity contribution in [3.8, 4) is 11.5 Å². The molecule has 0 aliphatic carbocycles. The van der Waals surface area contributed by atoms with Crippen molar-refractivity contribution in [1.29, 1.82) is 0 Å². The predicted octanol–water partition coefficient (Wildman–Crippen LogP) is 4.31. The highest BCUT2D eigenvalue weighted by Crippen LogP contribution is 2.27. The summed E-state index contributed by atoms with van der Waals surface area (Å²) in [4.78, 5) is 29.2. The molecule has 31 heavy (non-hydrogen) atoms. The van der Waals surface area contributed by atoms with E-state index in [9.17, 15) is 9.59 Å². The summed E-state index contributed by atoms with van der Waals surface area (Å²) >= 11 is 0. The normalized spacial score (nSPS) is 11.5. The Morgan fingerprint density at radius 1 is 0.968 bits per heavy atom. The van der Waals surface area contributed by atoms with Crippen LogP contribution in [0.4, 0.5) is 0 Å². The van der Waals surface area contributed by atoms with Crippen molar-refractivity contribution in [3.05, 3.63) is 89.7 Å². The lowest BCUT2D eigenvalue weighted by atomic mass is 9.91. The quantitative estimate of drug-likeness (QED) is 0.560. The molecule has 6 heteroatoms. The summed E-state index contributed by atoms with van der Waals surface area (Å²) in [6, 6.07) is 18.8. The highest BCUT2D eigenvalue weighted by atomic mass is 16.5. The number of carboxylic acids is 1. The molecule has 1 heterocycles. The average Bonchev–Trinajstić information content (AvgIpc) is 2.78. The Balaban J connectivity index is 1.70. The van der Waals surface area contributed by atoms with Crippen molar-refractivity contribution in [3.63, 3.8) is 0 Å². The van der Waals surface area contributed by atoms with Crippen molar-refractivity contribution >= 4 is 11.9 Å². The predicted molar refractivity (Wildman–Crippen MR) is 118 cm³/mol. The van der Waals surface area contributed by atoms with Crippen molar-refractivity contribution in [2.75, 3.05) is 14.1 Å². The Morgan fingerprint density at radius 3 is 2.16 bits per heavy atom. The maximum absolute atomic E-state index is 12.8. The minimum absolute atomic E-state index is 0.0365. The molecule has 0 aliphatic heterocycles. The first kappa shape index (κ1) is 22.0. The van der Waals surface area contributed by atoms with Crippen LogP contribution < -0.4 is 4.74 Å². The van der Waals surface area contributed by atoms with E-state index < -0.39 is 5.97 Å². The largest absolute Gasteiger partial charge is 0.481 e. The van der Waals surface area contributed by atoms with Crippen molar-refractivity contribution in [2.45, 2.75) is 25.2 Å². The number of pyridine rings is 1. The number of benzene rings is 2. The number of amides is 1. The second-order valence-electron chi connectivity index (χ2n) is 7.56. The summed E-state index contributed by atoms with van der Waals surface area (Å²) < 4.78 is 5.90. The fraction of sp³-hybridized carbons (Fsp3) is 0.240. The summed E-state index contributed by atoms with van der Waals surface area (Å²) in [5.41, 5.74) is 2.87. The van der Waals surface area contributed by atoms with E-state index >= 15 is 0 Å². The Hall–Kier alpha value is -3.67. The second kappa shape index (κ2) is 10.4. The number of aromatic nitrogens is 1. The number of ether oxygens (including phenoxy) is 1. The molecule has 0 radical (unpaired) electrons. The maximum atomic E-state index is 12.8. The summed E-state index contributed by atoms with van der Waals surface area (Å²) in [5.74, 6) is 0.258. The highest BCUT2D eigenvalue weighted by Gasteiger charge is 2.23. The van der Waals surface area contributed by atoms with Gasteiger partial charge in [0.25, 0.3) is 0 Å². The van der Waals surface area contributed by atoms with Crippen molar-refractivity contribution in [1.82, 2.24) is 9.88 Å². The molecule has 6 nitrogen and oxygen atoms in total. The number of hydrogen-bond donors (Lipinski definition) is 1. The summed E-state index contributed by atoms with van der Waals surface area (Å²) in [5, 5.41) is 8.78. The fourth-order valence-electron chi connectivity index (χ4n) is 3.29. The van der Waals surface area contributed by atoms with Crippen LogP contribution in [-0.4, -0.2) is 41.0 Å². The first-order chi connectivity index (χ1) is 14.9. The Kier molecular flexibility index (Phi) is 7.38. The minimum Gasteiger partial charge on any atom is -0.481 e. The zero-order chi connectivity index (χ0) is 22.2. The summed E-state index contributed by atoms with van der Waals surface area (Å²) in [6.45, 7) is 0. The summed E-state index contributed by atoms with van der Waals surface area (Å²) in [6.07, 6.45) is 4.67. The van der Waals surface area contributed by atoms with Gasteiger partial charge in [-0.1, -0.05) is 30.3 Å². The molecule has 0 saturated carbocycles. The van der Waals surface area contributed by atoms with Gasteiger partial charge in [-0.15, -0.1) is 0 Å². The first-order valence-corrected chi connectivity index (χ1v) is 10.1. The summed E-state index contributed by atoms with van der Waals surface area (Å²) in [7, 11) is 3.52. The highest BCUT2D eigenvalue weighted by molar-refractivity contribution is 5.83. The molecule has 0 spiro atoms. The number of rotatable bonds is 9. The van der Waals surface area contributed by atoms with E-state index in [1.54, 1.807) is 31.4 Å². The van der Waals surface area contributed by atoms with Gasteiger partial charge in [0, 0.05) is 32.9 Å². The van der Waals surface area contributed by atoms with E-state index in [1.807, 2.05) is 60.7 Å². The SMILES string of the molecule is CN(C)C(=O)C(Cc1cccnc1)c1ccc(Oc2ccc(CCC(=O)O)cc2)cc1. The van der Waals surface area contributed by atoms with Crippen LogP contribution in [0.15, 0.2) is 73.1 Å². The maximum Gasteiger partial charge on any atom is 0.303 e. The number of carboxylic acid groups (broad SMARTS) is 1. The van der Waals surface area contributed by atoms with Gasteiger partial charge in [-0.2, -0.15) is 0 Å². The van der Waals surface area contributed by atoms with Gasteiger partial charge >= 0.3 is 5.97 Å². The number of carbonyl (C=O) groups is 2. The molecule has 1 atom stereocenters. The third kappa shape index (κ3) is 6.40. The molecule has 1 aromatic heterocycles. The van der Waals surface area contributed by atoms with Gasteiger partial charge in [0.15, 0.2) is 0 Å². The number of aryl methyl sites for hydroxylation is 1. The molecular formula is C25H26N2O4. The molecule has 160 valence electrons. The molecule has 0 aliphatic rings. The van der Waals surface area contributed by atoms with Crippen LogP contribution in [0, 0.1) is 0 Å². The van der Waals surface area contributed by atoms with Gasteiger partial charge in [-0.3, -0.25) is 14.6 Å². The van der Waals surface area contributed by atoms with Crippen LogP contribution in [0.3, 0.4) is 0 Å². The molecule has 3 rings (SSSR count). The van der Waals surface area contributed by atoms with Crippen LogP contribution in [0.25, 0.3) is 0 Å². The smallest absolute Gasteiger partial charge is 0.303 e. The molecule has 0 fully saturated rings. The van der Waals surface area contributed by atoms with Gasteiger partial charge in [-0.05, 0) is 59.9 Å². The molecule has 1 amide bonds. The topological polar surface area (TPSA) is 79.7 Å². The van der Waals surface area contributed by atoms with E-state index in [2.05, 4.69) is 4.98 Å². The molecule has 3 aromatic rings. The van der Waals surface area contributed by atoms with Gasteiger partial charge in [0.1, 0.15) is 11.5 Å². The van der Waals surface area contributed by atoms with E-state index in [0.717, 1.165) is 16.7 Å². The Morgan fingerprint density at radius 2 is 1.61 bits per heavy atom. The lowest BCUT2D eigenvalue weighted by Gasteiger charge is -2.21. The molecule has 0 saturated heterocycles. The number of aliphatic carboxylic acids is 1. The zero-order valence-electron chi connectivity index (χ0n) is 17.7. The van der Waals surface area contributed by atoms with E-state index in [-0.39, 0.29) is 18.2 Å². The molecular weight excluding hydrogens is 392 g/mol. The van der Waals surface area contributed by atoms with Gasteiger partial charge in [0.05, 0.1) is 5.92 Å². The zero-order valence-corrected chi connectivity index (χ0v) is 17.7. The van der Waals surface area contributed by atoms with Crippen molar-refractivity contribution < 1.29 is 19.4 Å². The molecule has 1 unspecified atom stereocenters. The Labute approximate surface area is 182 Å². The minimum atomic E-state index is -0.810. The number of nitrogens with zero attached hydrogens (tertiary/aromatic N) is 2. The van der Waals surface area contributed by atoms with Crippen LogP contribution >= 0.6 is 0 Å². The second-order valence-corrected chi connectivity index (χ2v) is 7.56. The third-order valence-electron chi connectivity index (χ3n) is 4.97. The standard InChI is InChI=1S/C25H26N2O4/c1-27(2)25(30)23(16-19-4-3-15-26-17-19)20-8-12-22(13-9-20)31-21-10-5-18(6-11-21)7-14-24(28)29/h3-6,8-13,15,17,23H,7,14,16H2,1-2H3,(H,28,29). The van der Waals surface area contributed by atoms with Gasteiger partial charge in [-0.25, -0.2) is 0 Å². The number of hydrogen-bond acceptors (Lipinski definition) is 4. The average molecular weight is 418 g/mol. The van der Waals surface area contributed by atoms with Gasteiger partial charge < -0.3 is 14.7 Å². The Bertz CT molecular complexity index is 1000. The fourth-order valence-corrected chi connectivity index (χ4v) is 3.29. The van der Waals surface area contributed by atoms with E-state index in [1.165, 1.54) is 0 Å². The molecule has 2 aromatic carbocycles. The number of likely N-dealkylation sites (N-methyl/N-ethyl adjacent to an activating group) is 1. The third-order valence-corrected chi connectivity index (χ3v) is 4.97. The van der Waals surface area contributed by atoms with Crippen LogP contribution in [0.1, 0.15) is 29.0 Å². The van der Waals surface area contributed by atoms with E-state index in [0.29, 0.717) is 24.3 Å². The monoisotopic (exact) mass is 418 g/mol. The molecule has 0 bridgehead atoms.